The van der Waals surface area contributed by atoms with Crippen LogP contribution in [0.1, 0.15) is 32.8 Å². The quantitative estimate of drug-likeness (QED) is 0.320. The molecule has 41 heavy (non-hydrogen) atoms. The Kier molecular flexibility index (Phi) is 10.7. The number of rotatable bonds is 13. The molecule has 0 unspecified atom stereocenters. The van der Waals surface area contributed by atoms with E-state index in [-0.39, 0.29) is 34.5 Å². The molecule has 0 saturated carbocycles. The number of hydrogen-bond acceptors (Lipinski definition) is 6. The highest BCUT2D eigenvalue weighted by Gasteiger charge is 2.33. The Morgan fingerprint density at radius 3 is 2.17 bits per heavy atom. The summed E-state index contributed by atoms with van der Waals surface area (Å²) in [6.45, 7) is 4.36. The molecule has 220 valence electrons. The summed E-state index contributed by atoms with van der Waals surface area (Å²) in [5.74, 6) is -1.05. The number of sulfonamides is 1. The van der Waals surface area contributed by atoms with Crippen molar-refractivity contribution in [2.24, 2.45) is 0 Å². The first-order valence-corrected chi connectivity index (χ1v) is 14.6. The van der Waals surface area contributed by atoms with Crippen molar-refractivity contribution >= 4 is 27.5 Å². The van der Waals surface area contributed by atoms with Gasteiger partial charge in [0, 0.05) is 24.2 Å². The Morgan fingerprint density at radius 1 is 0.927 bits per heavy atom. The van der Waals surface area contributed by atoms with Gasteiger partial charge in [0.2, 0.25) is 11.8 Å². The number of amides is 2. The van der Waals surface area contributed by atoms with E-state index in [0.717, 1.165) is 4.31 Å². The van der Waals surface area contributed by atoms with Crippen molar-refractivity contribution in [1.82, 2.24) is 10.2 Å². The lowest BCUT2D eigenvalue weighted by atomic mass is 10.1. The zero-order valence-electron chi connectivity index (χ0n) is 23.8. The second-order valence-electron chi connectivity index (χ2n) is 9.47. The van der Waals surface area contributed by atoms with Gasteiger partial charge in [-0.2, -0.15) is 0 Å². The first kappa shape index (κ1) is 31.4. The molecule has 0 heterocycles. The van der Waals surface area contributed by atoms with Gasteiger partial charge in [0.25, 0.3) is 10.0 Å². The summed E-state index contributed by atoms with van der Waals surface area (Å²) in [6, 6.07) is 16.9. The summed E-state index contributed by atoms with van der Waals surface area (Å²) in [4.78, 5) is 28.2. The number of benzene rings is 3. The largest absolute Gasteiger partial charge is 0.493 e. The number of nitrogens with zero attached hydrogens (tertiary/aromatic N) is 2. The first-order valence-electron chi connectivity index (χ1n) is 13.2. The molecule has 0 aromatic heterocycles. The van der Waals surface area contributed by atoms with Gasteiger partial charge in [-0.05, 0) is 50.6 Å². The molecule has 9 nitrogen and oxygen atoms in total. The molecular weight excluding hydrogens is 549 g/mol. The summed E-state index contributed by atoms with van der Waals surface area (Å²) < 4.78 is 54.0. The Morgan fingerprint density at radius 2 is 1.56 bits per heavy atom. The minimum absolute atomic E-state index is 0.0363. The predicted molar refractivity (Wildman–Crippen MR) is 155 cm³/mol. The van der Waals surface area contributed by atoms with E-state index in [1.165, 1.54) is 74.6 Å². The molecule has 3 aromatic carbocycles. The molecule has 1 N–H and O–H groups in total. The Balaban J connectivity index is 2.08. The van der Waals surface area contributed by atoms with Gasteiger partial charge in [0.1, 0.15) is 18.4 Å². The SMILES string of the molecule is CC[C@H](C)NC(=O)[C@@H](C)N(Cc1ccccc1F)C(=O)CN(c1ccc(OC)c(OC)c1)S(=O)(=O)c1ccccc1. The molecule has 0 aliphatic heterocycles. The smallest absolute Gasteiger partial charge is 0.264 e. The highest BCUT2D eigenvalue weighted by Crippen LogP contribution is 2.34. The molecule has 3 aromatic rings. The number of methoxy groups -OCH3 is 2. The molecule has 3 rings (SSSR count). The van der Waals surface area contributed by atoms with Crippen LogP contribution in [0.25, 0.3) is 0 Å². The van der Waals surface area contributed by atoms with Crippen molar-refractivity contribution in [1.29, 1.82) is 0 Å². The van der Waals surface area contributed by atoms with Crippen molar-refractivity contribution in [3.8, 4) is 11.5 Å². The van der Waals surface area contributed by atoms with Crippen LogP contribution in [0.2, 0.25) is 0 Å². The summed E-state index contributed by atoms with van der Waals surface area (Å²) in [6.07, 6.45) is 0.669. The standard InChI is InChI=1S/C30H36FN3O6S/c1-6-21(2)32-30(36)22(3)33(19-23-12-10-11-15-26(23)31)29(35)20-34(41(37,38)25-13-8-7-9-14-25)24-16-17-27(39-4)28(18-24)40-5/h7-18,21-22H,6,19-20H2,1-5H3,(H,32,36)/t21-,22+/m0/s1. The van der Waals surface area contributed by atoms with E-state index in [0.29, 0.717) is 12.2 Å². The third kappa shape index (κ3) is 7.55. The number of carbonyl (C=O) groups is 2. The molecule has 0 aliphatic carbocycles. The highest BCUT2D eigenvalue weighted by atomic mass is 32.2. The average Bonchev–Trinajstić information content (AvgIpc) is 2.98. The van der Waals surface area contributed by atoms with Crippen LogP contribution in [0, 0.1) is 5.82 Å². The number of ether oxygens (including phenoxy) is 2. The summed E-state index contributed by atoms with van der Waals surface area (Å²) in [7, 11) is -1.40. The maximum absolute atomic E-state index is 14.7. The molecule has 2 atom stereocenters. The van der Waals surface area contributed by atoms with E-state index in [1.807, 2.05) is 13.8 Å². The van der Waals surface area contributed by atoms with Gasteiger partial charge in [-0.15, -0.1) is 0 Å². The molecule has 0 bridgehead atoms. The third-order valence-electron chi connectivity index (χ3n) is 6.73. The summed E-state index contributed by atoms with van der Waals surface area (Å²) in [5, 5.41) is 2.85. The van der Waals surface area contributed by atoms with Gasteiger partial charge in [0.05, 0.1) is 24.8 Å². The Bertz CT molecular complexity index is 1450. The van der Waals surface area contributed by atoms with Crippen molar-refractivity contribution < 1.29 is 31.9 Å². The van der Waals surface area contributed by atoms with E-state index in [4.69, 9.17) is 9.47 Å². The number of anilines is 1. The van der Waals surface area contributed by atoms with Crippen molar-refractivity contribution in [3.05, 3.63) is 84.2 Å². The molecule has 0 spiro atoms. The second-order valence-corrected chi connectivity index (χ2v) is 11.3. The van der Waals surface area contributed by atoms with Crippen LogP contribution >= 0.6 is 0 Å². The molecule has 0 aliphatic rings. The van der Waals surface area contributed by atoms with E-state index >= 15 is 0 Å². The van der Waals surface area contributed by atoms with Crippen molar-refractivity contribution in [2.45, 2.75) is 50.7 Å². The maximum Gasteiger partial charge on any atom is 0.264 e. The fourth-order valence-electron chi connectivity index (χ4n) is 4.09. The second kappa shape index (κ2) is 14.0. The molecule has 2 amide bonds. The zero-order valence-corrected chi connectivity index (χ0v) is 24.7. The van der Waals surface area contributed by atoms with Crippen LogP contribution in [-0.2, 0) is 26.2 Å². The fraction of sp³-hybridized carbons (Fsp3) is 0.333. The van der Waals surface area contributed by atoms with E-state index in [2.05, 4.69) is 5.32 Å². The molecule has 0 fully saturated rings. The average molecular weight is 586 g/mol. The maximum atomic E-state index is 14.7. The van der Waals surface area contributed by atoms with Gasteiger partial charge in [-0.1, -0.05) is 43.3 Å². The Labute approximate surface area is 240 Å². The van der Waals surface area contributed by atoms with E-state index in [1.54, 1.807) is 24.3 Å². The van der Waals surface area contributed by atoms with Crippen LogP contribution in [0.15, 0.2) is 77.7 Å². The van der Waals surface area contributed by atoms with Gasteiger partial charge >= 0.3 is 0 Å². The monoisotopic (exact) mass is 585 g/mol. The van der Waals surface area contributed by atoms with E-state index < -0.39 is 40.2 Å². The third-order valence-corrected chi connectivity index (χ3v) is 8.52. The molecule has 11 heteroatoms. The van der Waals surface area contributed by atoms with Gasteiger partial charge in [-0.3, -0.25) is 13.9 Å². The van der Waals surface area contributed by atoms with Gasteiger partial charge in [0.15, 0.2) is 11.5 Å². The number of carbonyl (C=O) groups excluding carboxylic acids is 2. The minimum atomic E-state index is -4.26. The zero-order chi connectivity index (χ0) is 30.2. The number of hydrogen-bond donors (Lipinski definition) is 1. The van der Waals surface area contributed by atoms with Crippen LogP contribution in [0.4, 0.5) is 10.1 Å². The predicted octanol–water partition coefficient (Wildman–Crippen LogP) is 4.37. The molecule has 0 saturated heterocycles. The molecular formula is C30H36FN3O6S. The fourth-order valence-corrected chi connectivity index (χ4v) is 5.51. The lowest BCUT2D eigenvalue weighted by molar-refractivity contribution is -0.139. The lowest BCUT2D eigenvalue weighted by Gasteiger charge is -2.32. The normalized spacial score (nSPS) is 12.6. The van der Waals surface area contributed by atoms with Gasteiger partial charge < -0.3 is 19.7 Å². The summed E-state index contributed by atoms with van der Waals surface area (Å²) in [5.41, 5.74) is 0.329. The topological polar surface area (TPSA) is 105 Å². The van der Waals surface area contributed by atoms with Crippen LogP contribution in [0.5, 0.6) is 11.5 Å². The Hall–Kier alpha value is -4.12. The highest BCUT2D eigenvalue weighted by molar-refractivity contribution is 7.92. The first-order chi connectivity index (χ1) is 19.5. The molecule has 0 radical (unpaired) electrons. The lowest BCUT2D eigenvalue weighted by Crippen LogP contribution is -2.52. The van der Waals surface area contributed by atoms with E-state index in [9.17, 15) is 22.4 Å². The van der Waals surface area contributed by atoms with Gasteiger partial charge in [-0.25, -0.2) is 12.8 Å². The summed E-state index contributed by atoms with van der Waals surface area (Å²) >= 11 is 0. The number of halogens is 1. The number of nitrogens with one attached hydrogen (secondary N) is 1. The minimum Gasteiger partial charge on any atom is -0.493 e. The van der Waals surface area contributed by atoms with Crippen molar-refractivity contribution in [2.75, 3.05) is 25.1 Å². The van der Waals surface area contributed by atoms with Crippen molar-refractivity contribution in [3.63, 3.8) is 0 Å². The van der Waals surface area contributed by atoms with Crippen LogP contribution in [-0.4, -0.2) is 58.0 Å². The van der Waals surface area contributed by atoms with Crippen LogP contribution < -0.4 is 19.1 Å². The van der Waals surface area contributed by atoms with Crippen LogP contribution in [0.3, 0.4) is 0 Å².